The summed E-state index contributed by atoms with van der Waals surface area (Å²) in [4.78, 5) is 18.0. The molecule has 1 aromatic rings. The predicted octanol–water partition coefficient (Wildman–Crippen LogP) is 1.99. The van der Waals surface area contributed by atoms with Gasteiger partial charge in [0.15, 0.2) is 0 Å². The van der Waals surface area contributed by atoms with Crippen molar-refractivity contribution in [3.63, 3.8) is 0 Å². The molecule has 0 radical (unpaired) electrons. The van der Waals surface area contributed by atoms with E-state index in [1.807, 2.05) is 37.8 Å². The Kier molecular flexibility index (Phi) is 5.78. The minimum absolute atomic E-state index is 0.141. The van der Waals surface area contributed by atoms with Crippen LogP contribution in [0.5, 0.6) is 0 Å². The van der Waals surface area contributed by atoms with Crippen molar-refractivity contribution in [3.05, 3.63) is 30.1 Å². The maximum Gasteiger partial charge on any atom is 0.239 e. The molecule has 1 heterocycles. The summed E-state index contributed by atoms with van der Waals surface area (Å²) in [6.45, 7) is 9.48. The zero-order valence-corrected chi connectivity index (χ0v) is 11.7. The molecule has 100 valence electrons. The van der Waals surface area contributed by atoms with E-state index in [-0.39, 0.29) is 18.0 Å². The van der Waals surface area contributed by atoms with Gasteiger partial charge >= 0.3 is 0 Å². The standard InChI is InChI=1S/C14H23N3O/c1-5-17(6-2)14(18)12(4)16-11(3)13-7-9-15-10-8-13/h7-12,16H,5-6H2,1-4H3. The van der Waals surface area contributed by atoms with Crippen LogP contribution in [-0.2, 0) is 4.79 Å². The molecule has 1 rings (SSSR count). The lowest BCUT2D eigenvalue weighted by molar-refractivity contribution is -0.132. The summed E-state index contributed by atoms with van der Waals surface area (Å²) >= 11 is 0. The largest absolute Gasteiger partial charge is 0.342 e. The summed E-state index contributed by atoms with van der Waals surface area (Å²) in [6, 6.07) is 3.90. The third kappa shape index (κ3) is 3.81. The van der Waals surface area contributed by atoms with Gasteiger partial charge in [0, 0.05) is 31.5 Å². The normalized spacial score (nSPS) is 14.0. The molecule has 1 N–H and O–H groups in total. The van der Waals surface area contributed by atoms with Crippen LogP contribution < -0.4 is 5.32 Å². The molecule has 4 nitrogen and oxygen atoms in total. The highest BCUT2D eigenvalue weighted by atomic mass is 16.2. The van der Waals surface area contributed by atoms with Crippen molar-refractivity contribution in [1.29, 1.82) is 0 Å². The van der Waals surface area contributed by atoms with Crippen LogP contribution in [0.4, 0.5) is 0 Å². The van der Waals surface area contributed by atoms with Crippen molar-refractivity contribution in [2.45, 2.75) is 39.8 Å². The number of amides is 1. The van der Waals surface area contributed by atoms with Gasteiger partial charge in [-0.25, -0.2) is 0 Å². The fourth-order valence-corrected chi connectivity index (χ4v) is 2.00. The third-order valence-corrected chi connectivity index (χ3v) is 3.15. The van der Waals surface area contributed by atoms with Crippen LogP contribution in [0.3, 0.4) is 0 Å². The number of aromatic nitrogens is 1. The van der Waals surface area contributed by atoms with Crippen molar-refractivity contribution in [1.82, 2.24) is 15.2 Å². The van der Waals surface area contributed by atoms with Gasteiger partial charge in [-0.1, -0.05) is 0 Å². The van der Waals surface area contributed by atoms with E-state index in [0.717, 1.165) is 18.7 Å². The molecular formula is C14H23N3O. The Hall–Kier alpha value is -1.42. The summed E-state index contributed by atoms with van der Waals surface area (Å²) < 4.78 is 0. The fourth-order valence-electron chi connectivity index (χ4n) is 2.00. The van der Waals surface area contributed by atoms with Crippen molar-refractivity contribution in [2.24, 2.45) is 0 Å². The molecule has 2 atom stereocenters. The van der Waals surface area contributed by atoms with Crippen LogP contribution in [0.2, 0.25) is 0 Å². The molecule has 1 aromatic heterocycles. The number of likely N-dealkylation sites (N-methyl/N-ethyl adjacent to an activating group) is 1. The van der Waals surface area contributed by atoms with Crippen LogP contribution in [0.15, 0.2) is 24.5 Å². The Morgan fingerprint density at radius 2 is 1.83 bits per heavy atom. The highest BCUT2D eigenvalue weighted by Crippen LogP contribution is 2.11. The molecule has 0 aliphatic heterocycles. The molecule has 0 bridgehead atoms. The van der Waals surface area contributed by atoms with Gasteiger partial charge in [-0.2, -0.15) is 0 Å². The molecular weight excluding hydrogens is 226 g/mol. The molecule has 0 fully saturated rings. The number of hydrogen-bond donors (Lipinski definition) is 1. The van der Waals surface area contributed by atoms with E-state index in [2.05, 4.69) is 17.2 Å². The first-order valence-corrected chi connectivity index (χ1v) is 6.54. The average Bonchev–Trinajstić information content (AvgIpc) is 2.40. The first-order valence-electron chi connectivity index (χ1n) is 6.54. The lowest BCUT2D eigenvalue weighted by Gasteiger charge is -2.26. The highest BCUT2D eigenvalue weighted by molar-refractivity contribution is 5.81. The van der Waals surface area contributed by atoms with Crippen LogP contribution in [0.1, 0.15) is 39.3 Å². The Bertz CT molecular complexity index is 363. The molecule has 1 amide bonds. The smallest absolute Gasteiger partial charge is 0.239 e. The van der Waals surface area contributed by atoms with E-state index < -0.39 is 0 Å². The van der Waals surface area contributed by atoms with Gasteiger partial charge in [-0.3, -0.25) is 15.1 Å². The average molecular weight is 249 g/mol. The molecule has 0 aromatic carbocycles. The zero-order valence-electron chi connectivity index (χ0n) is 11.7. The molecule has 4 heteroatoms. The number of pyridine rings is 1. The Morgan fingerprint density at radius 3 is 2.33 bits per heavy atom. The molecule has 18 heavy (non-hydrogen) atoms. The number of carbonyl (C=O) groups excluding carboxylic acids is 1. The van der Waals surface area contributed by atoms with Gasteiger partial charge in [0.05, 0.1) is 6.04 Å². The summed E-state index contributed by atoms with van der Waals surface area (Å²) in [6.07, 6.45) is 3.54. The molecule has 0 aliphatic rings. The molecule has 0 aliphatic carbocycles. The van der Waals surface area contributed by atoms with Gasteiger partial charge in [-0.05, 0) is 45.4 Å². The monoisotopic (exact) mass is 249 g/mol. The minimum atomic E-state index is -0.173. The molecule has 0 saturated carbocycles. The van der Waals surface area contributed by atoms with Crippen molar-refractivity contribution >= 4 is 5.91 Å². The number of hydrogen-bond acceptors (Lipinski definition) is 3. The zero-order chi connectivity index (χ0) is 13.5. The van der Waals surface area contributed by atoms with E-state index >= 15 is 0 Å². The van der Waals surface area contributed by atoms with Gasteiger partial charge in [0.25, 0.3) is 0 Å². The number of nitrogens with zero attached hydrogens (tertiary/aromatic N) is 2. The van der Waals surface area contributed by atoms with Gasteiger partial charge in [-0.15, -0.1) is 0 Å². The van der Waals surface area contributed by atoms with E-state index in [1.54, 1.807) is 12.4 Å². The topological polar surface area (TPSA) is 45.2 Å². The maximum atomic E-state index is 12.1. The highest BCUT2D eigenvalue weighted by Gasteiger charge is 2.19. The van der Waals surface area contributed by atoms with Crippen molar-refractivity contribution in [3.8, 4) is 0 Å². The van der Waals surface area contributed by atoms with Crippen molar-refractivity contribution in [2.75, 3.05) is 13.1 Å². The maximum absolute atomic E-state index is 12.1. The van der Waals surface area contributed by atoms with Crippen molar-refractivity contribution < 1.29 is 4.79 Å². The second kappa shape index (κ2) is 7.11. The second-order valence-electron chi connectivity index (χ2n) is 4.40. The SMILES string of the molecule is CCN(CC)C(=O)C(C)NC(C)c1ccncc1. The lowest BCUT2D eigenvalue weighted by Crippen LogP contribution is -2.45. The summed E-state index contributed by atoms with van der Waals surface area (Å²) in [5, 5.41) is 3.33. The first-order chi connectivity index (χ1) is 8.60. The van der Waals surface area contributed by atoms with Gasteiger partial charge in [0.2, 0.25) is 5.91 Å². The van der Waals surface area contributed by atoms with Crippen LogP contribution >= 0.6 is 0 Å². The van der Waals surface area contributed by atoms with Crippen LogP contribution in [0, 0.1) is 0 Å². The summed E-state index contributed by atoms with van der Waals surface area (Å²) in [7, 11) is 0. The van der Waals surface area contributed by atoms with Gasteiger partial charge < -0.3 is 4.90 Å². The van der Waals surface area contributed by atoms with Gasteiger partial charge in [0.1, 0.15) is 0 Å². The van der Waals surface area contributed by atoms with E-state index in [4.69, 9.17) is 0 Å². The second-order valence-corrected chi connectivity index (χ2v) is 4.40. The van der Waals surface area contributed by atoms with E-state index in [1.165, 1.54) is 0 Å². The van der Waals surface area contributed by atoms with Crippen LogP contribution in [-0.4, -0.2) is 34.9 Å². The molecule has 0 spiro atoms. The Morgan fingerprint density at radius 1 is 1.28 bits per heavy atom. The predicted molar refractivity (Wildman–Crippen MR) is 73.2 cm³/mol. The molecule has 2 unspecified atom stereocenters. The number of carbonyl (C=O) groups is 1. The minimum Gasteiger partial charge on any atom is -0.342 e. The lowest BCUT2D eigenvalue weighted by atomic mass is 10.1. The first kappa shape index (κ1) is 14.6. The summed E-state index contributed by atoms with van der Waals surface area (Å²) in [5.41, 5.74) is 1.14. The number of rotatable bonds is 6. The summed E-state index contributed by atoms with van der Waals surface area (Å²) in [5.74, 6) is 0.154. The third-order valence-electron chi connectivity index (χ3n) is 3.15. The van der Waals surface area contributed by atoms with E-state index in [0.29, 0.717) is 0 Å². The van der Waals surface area contributed by atoms with E-state index in [9.17, 15) is 4.79 Å². The Labute approximate surface area is 109 Å². The molecule has 0 saturated heterocycles. The van der Waals surface area contributed by atoms with Crippen LogP contribution in [0.25, 0.3) is 0 Å². The Balaban J connectivity index is 2.59. The quantitative estimate of drug-likeness (QED) is 0.838. The number of nitrogens with one attached hydrogen (secondary N) is 1. The fraction of sp³-hybridized carbons (Fsp3) is 0.571.